The van der Waals surface area contributed by atoms with Gasteiger partial charge >= 0.3 is 0 Å². The Morgan fingerprint density at radius 1 is 1.23 bits per heavy atom. The molecule has 3 heterocycles. The Balaban J connectivity index is 1.40. The van der Waals surface area contributed by atoms with Gasteiger partial charge in [0, 0.05) is 28.3 Å². The Hall–Kier alpha value is -3.99. The van der Waals surface area contributed by atoms with Gasteiger partial charge in [-0.2, -0.15) is 0 Å². The van der Waals surface area contributed by atoms with Gasteiger partial charge in [0.05, 0.1) is 29.4 Å². The number of nitrogens with one attached hydrogen (secondary N) is 1. The van der Waals surface area contributed by atoms with Gasteiger partial charge in [-0.15, -0.1) is 0 Å². The van der Waals surface area contributed by atoms with Gasteiger partial charge in [-0.1, -0.05) is 23.2 Å². The summed E-state index contributed by atoms with van der Waals surface area (Å²) in [5.74, 6) is -1.22. The number of amides is 2. The van der Waals surface area contributed by atoms with E-state index in [1.165, 1.54) is 31.5 Å². The smallest absolute Gasteiger partial charge is 0.251 e. The molecule has 0 radical (unpaired) electrons. The number of methoxy groups -OCH3 is 1. The number of carbonyl (C=O) groups is 2. The summed E-state index contributed by atoms with van der Waals surface area (Å²) in [5.41, 5.74) is 5.15. The Labute approximate surface area is 256 Å². The number of halogens is 3. The molecule has 0 spiro atoms. The Kier molecular flexibility index (Phi) is 7.19. The lowest BCUT2D eigenvalue weighted by atomic mass is 9.81. The molecule has 222 valence electrons. The number of primary amides is 1. The summed E-state index contributed by atoms with van der Waals surface area (Å²) in [6.45, 7) is 1.43. The maximum Gasteiger partial charge on any atom is 0.251 e. The van der Waals surface area contributed by atoms with Crippen LogP contribution in [0.15, 0.2) is 48.7 Å². The van der Waals surface area contributed by atoms with E-state index < -0.39 is 28.6 Å². The quantitative estimate of drug-likeness (QED) is 0.253. The highest BCUT2D eigenvalue weighted by Gasteiger charge is 2.50. The average Bonchev–Trinajstić information content (AvgIpc) is 3.79. The van der Waals surface area contributed by atoms with Crippen LogP contribution in [-0.4, -0.2) is 47.2 Å². The summed E-state index contributed by atoms with van der Waals surface area (Å²) in [4.78, 5) is 35.1. The van der Waals surface area contributed by atoms with Crippen LogP contribution in [0.3, 0.4) is 0 Å². The van der Waals surface area contributed by atoms with Crippen molar-refractivity contribution in [1.29, 1.82) is 0 Å². The fourth-order valence-electron chi connectivity index (χ4n) is 5.45. The van der Waals surface area contributed by atoms with Crippen LogP contribution in [0.5, 0.6) is 11.5 Å². The zero-order chi connectivity index (χ0) is 30.7. The Morgan fingerprint density at radius 2 is 2.00 bits per heavy atom. The van der Waals surface area contributed by atoms with E-state index in [4.69, 9.17) is 43.4 Å². The lowest BCUT2D eigenvalue weighted by Gasteiger charge is -2.30. The summed E-state index contributed by atoms with van der Waals surface area (Å²) in [6.07, 6.45) is 2.88. The topological polar surface area (TPSA) is 137 Å². The number of benzene rings is 2. The first-order valence-corrected chi connectivity index (χ1v) is 14.3. The van der Waals surface area contributed by atoms with Crippen LogP contribution in [0, 0.1) is 11.7 Å². The van der Waals surface area contributed by atoms with E-state index in [0.717, 1.165) is 0 Å². The summed E-state index contributed by atoms with van der Waals surface area (Å²) in [6, 6.07) is 10.6. The molecule has 0 saturated heterocycles. The van der Waals surface area contributed by atoms with Gasteiger partial charge in [0.25, 0.3) is 5.91 Å². The first-order valence-electron chi connectivity index (χ1n) is 13.5. The number of aromatic nitrogens is 2. The highest BCUT2D eigenvalue weighted by molar-refractivity contribution is 6.31. The number of nitrogens with zero attached hydrogens (tertiary/aromatic N) is 2. The highest BCUT2D eigenvalue weighted by Crippen LogP contribution is 2.50. The molecule has 1 aliphatic carbocycles. The lowest BCUT2D eigenvalue weighted by molar-refractivity contribution is -0.123. The van der Waals surface area contributed by atoms with E-state index in [1.807, 2.05) is 0 Å². The summed E-state index contributed by atoms with van der Waals surface area (Å²) >= 11 is 12.2. The second-order valence-electron chi connectivity index (χ2n) is 11.1. The van der Waals surface area contributed by atoms with Crippen LogP contribution >= 0.6 is 23.2 Å². The van der Waals surface area contributed by atoms with Crippen molar-refractivity contribution in [3.8, 4) is 22.8 Å². The zero-order valence-electron chi connectivity index (χ0n) is 23.2. The molecule has 9 nitrogen and oxygen atoms in total. The normalized spacial score (nSPS) is 18.9. The molecule has 43 heavy (non-hydrogen) atoms. The molecule has 0 bridgehead atoms. The van der Waals surface area contributed by atoms with Crippen LogP contribution in [0.2, 0.25) is 10.0 Å². The first-order chi connectivity index (χ1) is 20.4. The number of pyridine rings is 2. The molecule has 2 aliphatic rings. The minimum Gasteiger partial charge on any atom is -0.494 e. The van der Waals surface area contributed by atoms with Gasteiger partial charge in [-0.05, 0) is 68.1 Å². The Bertz CT molecular complexity index is 1820. The molecule has 12 heteroatoms. The van der Waals surface area contributed by atoms with Gasteiger partial charge < -0.3 is 25.6 Å². The van der Waals surface area contributed by atoms with Crippen molar-refractivity contribution in [3.63, 3.8) is 0 Å². The first kappa shape index (κ1) is 29.1. The van der Waals surface area contributed by atoms with Gasteiger partial charge in [-0.3, -0.25) is 14.6 Å². The molecule has 4 aromatic rings. The van der Waals surface area contributed by atoms with Crippen molar-refractivity contribution in [2.75, 3.05) is 20.3 Å². The van der Waals surface area contributed by atoms with Gasteiger partial charge in [0.2, 0.25) is 5.91 Å². The molecule has 4 N–H and O–H groups in total. The molecule has 2 atom stereocenters. The molecule has 1 fully saturated rings. The van der Waals surface area contributed by atoms with E-state index in [2.05, 4.69) is 10.3 Å². The number of ether oxygens (including phenoxy) is 2. The fraction of sp³-hybridized carbons (Fsp3) is 0.290. The van der Waals surface area contributed by atoms with Gasteiger partial charge in [0.1, 0.15) is 46.1 Å². The van der Waals surface area contributed by atoms with Crippen LogP contribution < -0.4 is 20.5 Å². The number of rotatable bonds is 8. The number of fused-ring (bicyclic) bond motifs is 2. The van der Waals surface area contributed by atoms with E-state index >= 15 is 0 Å². The van der Waals surface area contributed by atoms with Crippen molar-refractivity contribution >= 4 is 45.9 Å². The molecule has 2 aromatic carbocycles. The van der Waals surface area contributed by atoms with Crippen LogP contribution in [0.4, 0.5) is 4.39 Å². The van der Waals surface area contributed by atoms with Gasteiger partial charge in [0.15, 0.2) is 0 Å². The second-order valence-corrected chi connectivity index (χ2v) is 12.0. The number of aliphatic hydroxyl groups is 1. The maximum atomic E-state index is 14.0. The highest BCUT2D eigenvalue weighted by atomic mass is 35.5. The van der Waals surface area contributed by atoms with E-state index in [1.54, 1.807) is 31.2 Å². The largest absolute Gasteiger partial charge is 0.494 e. The van der Waals surface area contributed by atoms with Crippen molar-refractivity contribution < 1.29 is 28.6 Å². The van der Waals surface area contributed by atoms with Crippen molar-refractivity contribution in [3.05, 3.63) is 81.3 Å². The van der Waals surface area contributed by atoms with Gasteiger partial charge in [-0.25, -0.2) is 9.37 Å². The summed E-state index contributed by atoms with van der Waals surface area (Å²) < 4.78 is 25.4. The monoisotopic (exact) mass is 624 g/mol. The van der Waals surface area contributed by atoms with Crippen LogP contribution in [0.1, 0.15) is 41.4 Å². The molecule has 1 unspecified atom stereocenters. The van der Waals surface area contributed by atoms with Crippen LogP contribution in [-0.2, 0) is 15.8 Å². The van der Waals surface area contributed by atoms with Crippen molar-refractivity contribution in [2.24, 2.45) is 11.7 Å². The minimum absolute atomic E-state index is 0.0357. The minimum atomic E-state index is -1.61. The van der Waals surface area contributed by atoms with E-state index in [0.29, 0.717) is 51.4 Å². The SMILES string of the molecule is COc1cc(C(=O)NCC(O)(c2cc3c(c(-c4ccc(F)c(Cl)c4)n2)OC[C@]3(C)C(N)=O)C2CC2)cc2cc(Cl)cnc12. The standard InChI is InChI=1S/C31H27Cl2FN4O5/c1-30(29(35)40)14-43-27-20(30)11-24(38-26(27)15-3-6-22(34)21(33)9-15)31(41,18-4-5-18)13-37-28(39)17-7-16-8-19(32)12-36-25(16)23(10-17)42-2/h3,6-12,18,41H,4-5,13-14H2,1-2H3,(H2,35,40)(H,37,39)/t30-,31?/m0/s1. The average molecular weight is 625 g/mol. The molecule has 2 aromatic heterocycles. The molecule has 6 rings (SSSR count). The van der Waals surface area contributed by atoms with E-state index in [-0.39, 0.29) is 41.0 Å². The number of hydrogen-bond acceptors (Lipinski definition) is 7. The molecule has 1 aliphatic heterocycles. The third kappa shape index (κ3) is 5.03. The van der Waals surface area contributed by atoms with Crippen LogP contribution in [0.25, 0.3) is 22.2 Å². The fourth-order valence-corrected chi connectivity index (χ4v) is 5.79. The molecular formula is C31H27Cl2FN4O5. The molecule has 2 amide bonds. The molecule has 1 saturated carbocycles. The lowest BCUT2D eigenvalue weighted by Crippen LogP contribution is -2.44. The summed E-state index contributed by atoms with van der Waals surface area (Å²) in [7, 11) is 1.48. The number of hydrogen-bond donors (Lipinski definition) is 3. The van der Waals surface area contributed by atoms with Crippen molar-refractivity contribution in [1.82, 2.24) is 15.3 Å². The maximum absolute atomic E-state index is 14.0. The zero-order valence-corrected chi connectivity index (χ0v) is 24.7. The van der Waals surface area contributed by atoms with Crippen molar-refractivity contribution in [2.45, 2.75) is 30.8 Å². The second kappa shape index (κ2) is 10.6. The number of nitrogens with two attached hydrogens (primary N) is 1. The molecular weight excluding hydrogens is 598 g/mol. The predicted molar refractivity (Wildman–Crippen MR) is 159 cm³/mol. The van der Waals surface area contributed by atoms with E-state index in [9.17, 15) is 19.1 Å². The summed E-state index contributed by atoms with van der Waals surface area (Å²) in [5, 5.41) is 15.9. The predicted octanol–water partition coefficient (Wildman–Crippen LogP) is 4.91. The third-order valence-electron chi connectivity index (χ3n) is 8.22. The Morgan fingerprint density at radius 3 is 2.67 bits per heavy atom. The third-order valence-corrected chi connectivity index (χ3v) is 8.72. The number of carbonyl (C=O) groups excluding carboxylic acids is 2.